The molecule has 0 radical (unpaired) electrons. The highest BCUT2D eigenvalue weighted by Crippen LogP contribution is 2.22. The predicted molar refractivity (Wildman–Crippen MR) is 77.6 cm³/mol. The van der Waals surface area contributed by atoms with Crippen LogP contribution in [0.3, 0.4) is 0 Å². The van der Waals surface area contributed by atoms with E-state index in [9.17, 15) is 13.2 Å². The van der Waals surface area contributed by atoms with Crippen molar-refractivity contribution in [2.24, 2.45) is 5.10 Å². The normalized spacial score (nSPS) is 12.0. The minimum atomic E-state index is -4.23. The highest BCUT2D eigenvalue weighted by molar-refractivity contribution is 5.82. The van der Waals surface area contributed by atoms with Gasteiger partial charge in [-0.15, -0.1) is 0 Å². The van der Waals surface area contributed by atoms with Gasteiger partial charge < -0.3 is 4.57 Å². The molecule has 0 saturated carbocycles. The quantitative estimate of drug-likeness (QED) is 0.667. The third kappa shape index (κ3) is 4.11. The summed E-state index contributed by atoms with van der Waals surface area (Å²) in [5, 5.41) is 4.05. The average Bonchev–Trinajstić information content (AvgIpc) is 2.66. The van der Waals surface area contributed by atoms with E-state index in [-0.39, 0.29) is 0 Å². The van der Waals surface area contributed by atoms with Crippen molar-refractivity contribution in [2.75, 3.05) is 5.43 Å². The van der Waals surface area contributed by atoms with Gasteiger partial charge in [-0.05, 0) is 32.0 Å². The Balaban J connectivity index is 2.12. The lowest BCUT2D eigenvalue weighted by molar-refractivity contribution is -0.141. The molecule has 0 unspecified atom stereocenters. The molecule has 0 aliphatic carbocycles. The van der Waals surface area contributed by atoms with Crippen molar-refractivity contribution in [1.82, 2.24) is 4.57 Å². The van der Waals surface area contributed by atoms with Gasteiger partial charge in [-0.25, -0.2) is 0 Å². The molecule has 0 amide bonds. The first-order valence-corrected chi connectivity index (χ1v) is 6.44. The number of hydrazone groups is 1. The Hall–Kier alpha value is -2.24. The third-order valence-electron chi connectivity index (χ3n) is 3.12. The van der Waals surface area contributed by atoms with E-state index in [1.807, 2.05) is 30.3 Å². The fourth-order valence-corrected chi connectivity index (χ4v) is 2.07. The molecule has 1 heterocycles. The zero-order valence-corrected chi connectivity index (χ0v) is 11.8. The average molecular weight is 295 g/mol. The molecule has 0 spiro atoms. The summed E-state index contributed by atoms with van der Waals surface area (Å²) in [5.74, 6) is 0. The van der Waals surface area contributed by atoms with E-state index in [1.54, 1.807) is 19.9 Å². The van der Waals surface area contributed by atoms with Gasteiger partial charge >= 0.3 is 6.18 Å². The van der Waals surface area contributed by atoms with Gasteiger partial charge in [0, 0.05) is 17.0 Å². The first-order chi connectivity index (χ1) is 9.87. The molecule has 2 aromatic rings. The Morgan fingerprint density at radius 3 is 2.48 bits per heavy atom. The highest BCUT2D eigenvalue weighted by atomic mass is 19.4. The summed E-state index contributed by atoms with van der Waals surface area (Å²) in [6.07, 6.45) is -2.70. The van der Waals surface area contributed by atoms with Crippen molar-refractivity contribution in [3.05, 3.63) is 53.3 Å². The van der Waals surface area contributed by atoms with Gasteiger partial charge in [0.2, 0.25) is 0 Å². The van der Waals surface area contributed by atoms with E-state index in [2.05, 4.69) is 10.5 Å². The number of para-hydroxylation sites is 1. The fourth-order valence-electron chi connectivity index (χ4n) is 2.07. The van der Waals surface area contributed by atoms with Crippen molar-refractivity contribution in [3.63, 3.8) is 0 Å². The molecule has 6 heteroatoms. The smallest absolute Gasteiger partial charge is 0.339 e. The van der Waals surface area contributed by atoms with Crippen LogP contribution in [0.15, 0.2) is 41.5 Å². The Labute approximate surface area is 121 Å². The van der Waals surface area contributed by atoms with Crippen LogP contribution in [-0.4, -0.2) is 17.0 Å². The van der Waals surface area contributed by atoms with Crippen LogP contribution in [0.25, 0.3) is 0 Å². The number of halogens is 3. The number of aromatic nitrogens is 1. The Morgan fingerprint density at radius 1 is 1.19 bits per heavy atom. The van der Waals surface area contributed by atoms with E-state index in [0.29, 0.717) is 17.0 Å². The molecule has 112 valence electrons. The molecule has 0 saturated heterocycles. The first-order valence-electron chi connectivity index (χ1n) is 6.44. The van der Waals surface area contributed by atoms with Gasteiger partial charge in [0.1, 0.15) is 6.54 Å². The van der Waals surface area contributed by atoms with Gasteiger partial charge in [0.25, 0.3) is 0 Å². The molecule has 0 aliphatic heterocycles. The molecule has 0 fully saturated rings. The van der Waals surface area contributed by atoms with E-state index < -0.39 is 12.7 Å². The van der Waals surface area contributed by atoms with Crippen LogP contribution in [0.2, 0.25) is 0 Å². The summed E-state index contributed by atoms with van der Waals surface area (Å²) in [6, 6.07) is 11.0. The lowest BCUT2D eigenvalue weighted by atomic mass is 10.3. The second-order valence-electron chi connectivity index (χ2n) is 4.76. The molecule has 1 aromatic carbocycles. The second-order valence-corrected chi connectivity index (χ2v) is 4.76. The maximum atomic E-state index is 12.5. The van der Waals surface area contributed by atoms with Crippen LogP contribution in [0, 0.1) is 13.8 Å². The summed E-state index contributed by atoms with van der Waals surface area (Å²) in [7, 11) is 0. The van der Waals surface area contributed by atoms with Gasteiger partial charge in [0.05, 0.1) is 11.9 Å². The van der Waals surface area contributed by atoms with Gasteiger partial charge in [-0.2, -0.15) is 18.3 Å². The molecule has 0 bridgehead atoms. The fraction of sp³-hybridized carbons (Fsp3) is 0.267. The van der Waals surface area contributed by atoms with Crippen LogP contribution in [0.4, 0.5) is 18.9 Å². The summed E-state index contributed by atoms with van der Waals surface area (Å²) < 4.78 is 38.8. The summed E-state index contributed by atoms with van der Waals surface area (Å²) in [5.41, 5.74) is 5.43. The van der Waals surface area contributed by atoms with Crippen molar-refractivity contribution in [1.29, 1.82) is 0 Å². The molecular formula is C15H16F3N3. The maximum absolute atomic E-state index is 12.5. The Morgan fingerprint density at radius 2 is 1.86 bits per heavy atom. The molecular weight excluding hydrogens is 279 g/mol. The number of nitrogens with zero attached hydrogens (tertiary/aromatic N) is 2. The van der Waals surface area contributed by atoms with E-state index >= 15 is 0 Å². The monoisotopic (exact) mass is 295 g/mol. The standard InChI is InChI=1S/C15H16F3N3/c1-11-8-13(12(2)21(11)10-15(16,17)18)9-19-20-14-6-4-3-5-7-14/h3-9,20H,10H2,1-2H3. The van der Waals surface area contributed by atoms with E-state index in [1.165, 1.54) is 10.8 Å². The van der Waals surface area contributed by atoms with E-state index in [0.717, 1.165) is 5.69 Å². The number of benzene rings is 1. The number of rotatable bonds is 4. The maximum Gasteiger partial charge on any atom is 0.406 e. The Bertz CT molecular complexity index is 628. The number of nitrogens with one attached hydrogen (secondary N) is 1. The zero-order valence-electron chi connectivity index (χ0n) is 11.8. The largest absolute Gasteiger partial charge is 0.406 e. The molecule has 3 nitrogen and oxygen atoms in total. The van der Waals surface area contributed by atoms with Crippen molar-refractivity contribution in [2.45, 2.75) is 26.6 Å². The van der Waals surface area contributed by atoms with Crippen molar-refractivity contribution in [3.8, 4) is 0 Å². The zero-order chi connectivity index (χ0) is 15.5. The third-order valence-corrected chi connectivity index (χ3v) is 3.12. The van der Waals surface area contributed by atoms with Crippen LogP contribution in [0.5, 0.6) is 0 Å². The van der Waals surface area contributed by atoms with Crippen LogP contribution < -0.4 is 5.43 Å². The number of hydrogen-bond donors (Lipinski definition) is 1. The molecule has 1 aromatic heterocycles. The van der Waals surface area contributed by atoms with E-state index in [4.69, 9.17) is 0 Å². The van der Waals surface area contributed by atoms with Crippen LogP contribution in [-0.2, 0) is 6.54 Å². The molecule has 21 heavy (non-hydrogen) atoms. The lowest BCUT2D eigenvalue weighted by Crippen LogP contribution is -2.19. The minimum Gasteiger partial charge on any atom is -0.339 e. The van der Waals surface area contributed by atoms with Gasteiger partial charge in [-0.1, -0.05) is 18.2 Å². The first kappa shape index (κ1) is 15.2. The van der Waals surface area contributed by atoms with Crippen LogP contribution >= 0.6 is 0 Å². The summed E-state index contributed by atoms with van der Waals surface area (Å²) in [6.45, 7) is 2.33. The second kappa shape index (κ2) is 6.03. The summed E-state index contributed by atoms with van der Waals surface area (Å²) >= 11 is 0. The molecule has 2 rings (SSSR count). The summed E-state index contributed by atoms with van der Waals surface area (Å²) in [4.78, 5) is 0. The topological polar surface area (TPSA) is 29.3 Å². The molecule has 0 aliphatic rings. The van der Waals surface area contributed by atoms with Gasteiger partial charge in [-0.3, -0.25) is 5.43 Å². The van der Waals surface area contributed by atoms with Crippen molar-refractivity contribution >= 4 is 11.9 Å². The molecule has 0 atom stereocenters. The van der Waals surface area contributed by atoms with Crippen LogP contribution in [0.1, 0.15) is 17.0 Å². The highest BCUT2D eigenvalue weighted by Gasteiger charge is 2.29. The molecule has 1 N–H and O–H groups in total. The minimum absolute atomic E-state index is 0.545. The number of aryl methyl sites for hydroxylation is 1. The number of alkyl halides is 3. The number of hydrogen-bond acceptors (Lipinski definition) is 2. The Kier molecular flexibility index (Phi) is 4.35. The van der Waals surface area contributed by atoms with Crippen molar-refractivity contribution < 1.29 is 13.2 Å². The van der Waals surface area contributed by atoms with Gasteiger partial charge in [0.15, 0.2) is 0 Å². The number of anilines is 1. The SMILES string of the molecule is Cc1cc(C=NNc2ccccc2)c(C)n1CC(F)(F)F. The lowest BCUT2D eigenvalue weighted by Gasteiger charge is -2.12. The predicted octanol–water partition coefficient (Wildman–Crippen LogP) is 4.11.